The predicted molar refractivity (Wildman–Crippen MR) is 226 cm³/mol. The topological polar surface area (TPSA) is 254 Å². The summed E-state index contributed by atoms with van der Waals surface area (Å²) in [5.74, 6) is -84.7. The summed E-state index contributed by atoms with van der Waals surface area (Å²) in [4.78, 5) is 79.9. The Hall–Kier alpha value is -4.81. The van der Waals surface area contributed by atoms with Gasteiger partial charge in [0.1, 0.15) is 19.8 Å². The second-order valence-electron chi connectivity index (χ2n) is 17.4. The molecule has 20 nitrogen and oxygen atoms in total. The van der Waals surface area contributed by atoms with Gasteiger partial charge in [-0.25, -0.2) is 0 Å². The number of primary amides is 1. The number of alkyl halides is 21. The number of aliphatic carboxylic acids is 3. The molecular weight excluding hydrogens is 1190 g/mol. The van der Waals surface area contributed by atoms with Gasteiger partial charge < -0.3 is 45.3 Å². The van der Waals surface area contributed by atoms with Crippen LogP contribution in [0, 0.1) is 0 Å². The van der Waals surface area contributed by atoms with E-state index in [1.807, 2.05) is 0 Å². The quantitative estimate of drug-likeness (QED) is 0.0459. The van der Waals surface area contributed by atoms with Gasteiger partial charge in [0, 0.05) is 65.4 Å². The van der Waals surface area contributed by atoms with Gasteiger partial charge in [-0.2, -0.15) is 92.2 Å². The smallest absolute Gasteiger partial charge is 0.460 e. The molecule has 6 N–H and O–H groups in total. The van der Waals surface area contributed by atoms with Crippen LogP contribution in [-0.4, -0.2) is 285 Å². The van der Waals surface area contributed by atoms with E-state index >= 15 is 0 Å². The second kappa shape index (κ2) is 29.6. The first-order chi connectivity index (χ1) is 36.7. The van der Waals surface area contributed by atoms with Crippen molar-refractivity contribution in [1.29, 1.82) is 0 Å². The summed E-state index contributed by atoms with van der Waals surface area (Å²) < 4.78 is 304. The predicted octanol–water partition coefficient (Wildman–Crippen LogP) is 2.63. The number of hydrogen-bond acceptors (Lipinski definition) is 15. The van der Waals surface area contributed by atoms with Crippen LogP contribution in [0.1, 0.15) is 6.92 Å². The average molecular weight is 1240 g/mol. The molecule has 1 unspecified atom stereocenters. The van der Waals surface area contributed by atoms with E-state index in [0.717, 1.165) is 0 Å². The number of carboxylic acid groups (broad SMARTS) is 3. The van der Waals surface area contributed by atoms with Crippen LogP contribution in [0.25, 0.3) is 0 Å². The summed E-state index contributed by atoms with van der Waals surface area (Å²) in [6.07, 6.45) is -8.07. The molecule has 1 aliphatic heterocycles. The van der Waals surface area contributed by atoms with E-state index in [9.17, 15) is 136 Å². The van der Waals surface area contributed by atoms with Crippen molar-refractivity contribution in [2.24, 2.45) is 5.73 Å². The maximum atomic E-state index is 14.1. The molecule has 1 aliphatic rings. The fourth-order valence-corrected chi connectivity index (χ4v) is 6.79. The number of hydrogen-bond donors (Lipinski definition) is 5. The van der Waals surface area contributed by atoms with Crippen LogP contribution in [0.15, 0.2) is 0 Å². The van der Waals surface area contributed by atoms with Gasteiger partial charge in [0.25, 0.3) is 5.91 Å². The van der Waals surface area contributed by atoms with Crippen molar-refractivity contribution in [3.8, 4) is 0 Å². The van der Waals surface area contributed by atoms with E-state index in [-0.39, 0.29) is 91.9 Å². The molecule has 1 rings (SSSR count). The summed E-state index contributed by atoms with van der Waals surface area (Å²) in [6.45, 7) is -8.50. The molecule has 41 heteroatoms. The third kappa shape index (κ3) is 18.6. The molecular formula is C40H54F21N7O13. The minimum absolute atomic E-state index is 0.00692. The molecule has 0 aromatic rings. The van der Waals surface area contributed by atoms with Crippen LogP contribution >= 0.6 is 0 Å². The molecule has 1 atom stereocenters. The Kier molecular flexibility index (Phi) is 27.1. The summed E-state index contributed by atoms with van der Waals surface area (Å²) in [5.41, 5.74) is 5.29. The van der Waals surface area contributed by atoms with Gasteiger partial charge >= 0.3 is 77.4 Å². The lowest BCUT2D eigenvalue weighted by Crippen LogP contribution is -2.77. The maximum Gasteiger partial charge on any atom is 0.460 e. The van der Waals surface area contributed by atoms with Gasteiger partial charge in [-0.05, 0) is 6.92 Å². The third-order valence-corrected chi connectivity index (χ3v) is 11.4. The Morgan fingerprint density at radius 2 is 0.802 bits per heavy atom. The van der Waals surface area contributed by atoms with Crippen LogP contribution in [0.2, 0.25) is 0 Å². The van der Waals surface area contributed by atoms with Gasteiger partial charge in [0.05, 0.1) is 65.3 Å². The summed E-state index contributed by atoms with van der Waals surface area (Å²) >= 11 is 0. The SMILES string of the molecule is CC(C(=O)N(CC(N)=O)C(=O)COCCOCCOCCNCCOCC(F)(F)C(F)(F)C(F)(F)C(F)(F)C(F)(F)C(F)(F)C(F)(F)C(F)(F)C(F)(F)C(F)(F)F)N1CCN(CC(=O)O)CCN(CC(=O)O)CCN(CC(=O)O)CC1. The van der Waals surface area contributed by atoms with Gasteiger partial charge in [-0.1, -0.05) is 0 Å². The molecule has 0 aromatic heterocycles. The van der Waals surface area contributed by atoms with Crippen molar-refractivity contribution < 1.29 is 155 Å². The first-order valence-electron chi connectivity index (χ1n) is 22.9. The number of amides is 3. The maximum absolute atomic E-state index is 14.1. The Balaban J connectivity index is 2.73. The zero-order chi connectivity index (χ0) is 63.0. The molecule has 1 heterocycles. The molecule has 0 spiro atoms. The van der Waals surface area contributed by atoms with Gasteiger partial charge in [-0.3, -0.25) is 53.3 Å². The Morgan fingerprint density at radius 3 is 1.16 bits per heavy atom. The number of nitrogens with zero attached hydrogens (tertiary/aromatic N) is 5. The largest absolute Gasteiger partial charge is 0.480 e. The van der Waals surface area contributed by atoms with Crippen molar-refractivity contribution in [2.45, 2.75) is 72.4 Å². The van der Waals surface area contributed by atoms with Crippen molar-refractivity contribution in [3.63, 3.8) is 0 Å². The molecule has 1 saturated heterocycles. The number of carbonyl (C=O) groups excluding carboxylic acids is 3. The van der Waals surface area contributed by atoms with Crippen LogP contribution < -0.4 is 11.1 Å². The summed E-state index contributed by atoms with van der Waals surface area (Å²) in [7, 11) is 0. The van der Waals surface area contributed by atoms with E-state index in [4.69, 9.17) is 19.9 Å². The highest BCUT2D eigenvalue weighted by Crippen LogP contribution is 2.66. The van der Waals surface area contributed by atoms with Crippen LogP contribution in [-0.2, 0) is 47.7 Å². The lowest BCUT2D eigenvalue weighted by atomic mass is 9.86. The molecule has 0 radical (unpaired) electrons. The zero-order valence-corrected chi connectivity index (χ0v) is 41.8. The van der Waals surface area contributed by atoms with Crippen molar-refractivity contribution in [3.05, 3.63) is 0 Å². The van der Waals surface area contributed by atoms with E-state index in [0.29, 0.717) is 4.90 Å². The van der Waals surface area contributed by atoms with Gasteiger partial charge in [0.2, 0.25) is 11.8 Å². The van der Waals surface area contributed by atoms with Gasteiger partial charge in [0.15, 0.2) is 0 Å². The van der Waals surface area contributed by atoms with E-state index < -0.39 is 154 Å². The monoisotopic (exact) mass is 1240 g/mol. The van der Waals surface area contributed by atoms with E-state index in [2.05, 4.69) is 10.1 Å². The average Bonchev–Trinajstić information content (AvgIpc) is 3.32. The lowest BCUT2D eigenvalue weighted by molar-refractivity contribution is -0.474. The van der Waals surface area contributed by atoms with Crippen molar-refractivity contribution in [1.82, 2.24) is 29.8 Å². The number of halogens is 21. The molecule has 0 saturated carbocycles. The number of nitrogens with two attached hydrogens (primary N) is 1. The number of rotatable bonds is 34. The zero-order valence-electron chi connectivity index (χ0n) is 41.8. The second-order valence-corrected chi connectivity index (χ2v) is 17.4. The van der Waals surface area contributed by atoms with Crippen LogP contribution in [0.5, 0.6) is 0 Å². The third-order valence-electron chi connectivity index (χ3n) is 11.4. The molecule has 81 heavy (non-hydrogen) atoms. The molecule has 0 aromatic carbocycles. The molecule has 0 aliphatic carbocycles. The van der Waals surface area contributed by atoms with Gasteiger partial charge in [-0.15, -0.1) is 0 Å². The summed E-state index contributed by atoms with van der Waals surface area (Å²) in [5, 5.41) is 30.5. The minimum Gasteiger partial charge on any atom is -0.480 e. The number of ether oxygens (including phenoxy) is 4. The Bertz CT molecular complexity index is 2050. The Labute approximate surface area is 443 Å². The standard InChI is InChI=1S/C40H54F21N7O13/c1-24(67-10-8-65(20-28(73)74)6-4-64(19-27(71)72)5-7-66(9-11-67)21-29(75)76)30(77)68(18-25(62)69)26(70)22-80-17-16-79-15-14-78-12-2-63-3-13-81-23-31(41,42)32(43,44)33(45,46)34(47,48)35(49,50)36(51,52)37(53,54)38(55,56)39(57,58)40(59,60)61/h24,63H,2-23H2,1H3,(H2,62,69)(H,71,72)(H,73,74)(H,75,76). The highest BCUT2D eigenvalue weighted by atomic mass is 19.4. The van der Waals surface area contributed by atoms with Crippen LogP contribution in [0.4, 0.5) is 92.2 Å². The van der Waals surface area contributed by atoms with Crippen molar-refractivity contribution >= 4 is 35.6 Å². The number of carboxylic acids is 3. The van der Waals surface area contributed by atoms with Crippen LogP contribution in [0.3, 0.4) is 0 Å². The summed E-state index contributed by atoms with van der Waals surface area (Å²) in [6, 6.07) is -1.22. The minimum atomic E-state index is -9.27. The van der Waals surface area contributed by atoms with E-state index in [1.165, 1.54) is 26.5 Å². The first-order valence-corrected chi connectivity index (χ1v) is 22.9. The number of nitrogens with one attached hydrogen (secondary N) is 1. The molecule has 474 valence electrons. The highest BCUT2D eigenvalue weighted by Gasteiger charge is 2.97. The molecule has 3 amide bonds. The first kappa shape index (κ1) is 74.2. The van der Waals surface area contributed by atoms with E-state index in [1.54, 1.807) is 0 Å². The van der Waals surface area contributed by atoms with Crippen molar-refractivity contribution in [2.75, 3.05) is 144 Å². The highest BCUT2D eigenvalue weighted by molar-refractivity contribution is 6.01. The lowest BCUT2D eigenvalue weighted by Gasteiger charge is -2.44. The number of carbonyl (C=O) groups is 6. The number of imide groups is 1. The molecule has 1 fully saturated rings. The fraction of sp³-hybridized carbons (Fsp3) is 0.850. The normalized spacial score (nSPS) is 17.1. The molecule has 0 bridgehead atoms. The fourth-order valence-electron chi connectivity index (χ4n) is 6.79. The Morgan fingerprint density at radius 1 is 0.481 bits per heavy atom.